The van der Waals surface area contributed by atoms with Crippen molar-refractivity contribution in [3.8, 4) is 0 Å². The van der Waals surface area contributed by atoms with Gasteiger partial charge in [0.1, 0.15) is 11.3 Å². The molecule has 0 aliphatic heterocycles. The summed E-state index contributed by atoms with van der Waals surface area (Å²) in [6.45, 7) is 3.17. The van der Waals surface area contributed by atoms with Gasteiger partial charge in [-0.2, -0.15) is 11.8 Å². The van der Waals surface area contributed by atoms with Crippen LogP contribution < -0.4 is 5.73 Å². The van der Waals surface area contributed by atoms with Gasteiger partial charge >= 0.3 is 0 Å². The zero-order valence-corrected chi connectivity index (χ0v) is 14.0. The number of pyridine rings is 1. The Kier molecular flexibility index (Phi) is 4.52. The quantitative estimate of drug-likeness (QED) is 0.750. The predicted octanol–water partition coefficient (Wildman–Crippen LogP) is 3.87. The van der Waals surface area contributed by atoms with Crippen LogP contribution in [0.5, 0.6) is 0 Å². The summed E-state index contributed by atoms with van der Waals surface area (Å²) in [7, 11) is 0. The molecule has 116 valence electrons. The average Bonchev–Trinajstić information content (AvgIpc) is 2.90. The van der Waals surface area contributed by atoms with E-state index in [1.54, 1.807) is 0 Å². The van der Waals surface area contributed by atoms with Crippen molar-refractivity contribution in [3.05, 3.63) is 30.1 Å². The molecule has 22 heavy (non-hydrogen) atoms. The zero-order chi connectivity index (χ0) is 15.5. The van der Waals surface area contributed by atoms with Gasteiger partial charge in [0, 0.05) is 24.1 Å². The summed E-state index contributed by atoms with van der Waals surface area (Å²) in [6, 6.07) is 8.19. The third-order valence-electron chi connectivity index (χ3n) is 3.96. The van der Waals surface area contributed by atoms with E-state index in [2.05, 4.69) is 34.9 Å². The van der Waals surface area contributed by atoms with Gasteiger partial charge in [0.25, 0.3) is 0 Å². The maximum absolute atomic E-state index is 6.17. The van der Waals surface area contributed by atoms with Crippen molar-refractivity contribution < 1.29 is 0 Å². The Morgan fingerprint density at radius 2 is 2.05 bits per heavy atom. The molecule has 0 saturated heterocycles. The van der Waals surface area contributed by atoms with Gasteiger partial charge in [0.05, 0.1) is 11.0 Å². The number of nitrogens with two attached hydrogens (primary N) is 1. The minimum Gasteiger partial charge on any atom is -0.382 e. The van der Waals surface area contributed by atoms with E-state index >= 15 is 0 Å². The molecule has 0 aliphatic carbocycles. The number of anilines is 1. The first-order valence-electron chi connectivity index (χ1n) is 7.78. The standard InChI is InChI=1S/C17H22N4S/c1-3-4-9-14-20-15-16(21(14)10-11-22-2)12-7-5-6-8-13(12)19-17(15)18/h5-8H,3-4,9-11H2,1-2H3,(H2,18,19). The summed E-state index contributed by atoms with van der Waals surface area (Å²) < 4.78 is 2.35. The number of fused-ring (bicyclic) bond motifs is 3. The van der Waals surface area contributed by atoms with Crippen LogP contribution in [0.1, 0.15) is 25.6 Å². The second-order valence-electron chi connectivity index (χ2n) is 5.49. The monoisotopic (exact) mass is 314 g/mol. The topological polar surface area (TPSA) is 56.7 Å². The minimum atomic E-state index is 0.536. The summed E-state index contributed by atoms with van der Waals surface area (Å²) in [5, 5.41) is 1.14. The lowest BCUT2D eigenvalue weighted by Gasteiger charge is -2.10. The smallest absolute Gasteiger partial charge is 0.152 e. The number of rotatable bonds is 6. The number of aromatic nitrogens is 3. The fraction of sp³-hybridized carbons (Fsp3) is 0.412. The number of aryl methyl sites for hydroxylation is 2. The van der Waals surface area contributed by atoms with Crippen LogP contribution >= 0.6 is 11.8 Å². The van der Waals surface area contributed by atoms with Crippen LogP contribution in [0.4, 0.5) is 5.82 Å². The van der Waals surface area contributed by atoms with E-state index < -0.39 is 0 Å². The van der Waals surface area contributed by atoms with Crippen molar-refractivity contribution in [1.29, 1.82) is 0 Å². The van der Waals surface area contributed by atoms with Gasteiger partial charge in [-0.05, 0) is 18.7 Å². The molecular formula is C17H22N4S. The summed E-state index contributed by atoms with van der Waals surface area (Å²) in [5.41, 5.74) is 9.11. The normalized spacial score (nSPS) is 11.5. The van der Waals surface area contributed by atoms with Crippen LogP contribution in [0.15, 0.2) is 24.3 Å². The molecule has 2 N–H and O–H groups in total. The van der Waals surface area contributed by atoms with Gasteiger partial charge in [-0.1, -0.05) is 31.5 Å². The van der Waals surface area contributed by atoms with Crippen molar-refractivity contribution >= 4 is 39.5 Å². The molecule has 0 unspecified atom stereocenters. The Hall–Kier alpha value is -1.75. The molecule has 0 fully saturated rings. The van der Waals surface area contributed by atoms with Crippen molar-refractivity contribution in [2.75, 3.05) is 17.7 Å². The molecule has 3 aromatic rings. The van der Waals surface area contributed by atoms with Crippen LogP contribution in [0.25, 0.3) is 21.9 Å². The Bertz CT molecular complexity index is 794. The van der Waals surface area contributed by atoms with Crippen molar-refractivity contribution in [2.24, 2.45) is 0 Å². The first-order valence-corrected chi connectivity index (χ1v) is 9.18. The fourth-order valence-electron chi connectivity index (χ4n) is 2.85. The van der Waals surface area contributed by atoms with Gasteiger partial charge in [0.2, 0.25) is 0 Å². The van der Waals surface area contributed by atoms with E-state index in [4.69, 9.17) is 10.7 Å². The van der Waals surface area contributed by atoms with Crippen molar-refractivity contribution in [2.45, 2.75) is 32.7 Å². The first-order chi connectivity index (χ1) is 10.8. The highest BCUT2D eigenvalue weighted by Gasteiger charge is 2.16. The number of unbranched alkanes of at least 4 members (excludes halogenated alkanes) is 1. The maximum atomic E-state index is 6.17. The summed E-state index contributed by atoms with van der Waals surface area (Å²) >= 11 is 1.86. The first kappa shape index (κ1) is 15.2. The van der Waals surface area contributed by atoms with Gasteiger partial charge in [-0.25, -0.2) is 9.97 Å². The Balaban J connectivity index is 2.27. The zero-order valence-electron chi connectivity index (χ0n) is 13.2. The highest BCUT2D eigenvalue weighted by atomic mass is 32.2. The molecular weight excluding hydrogens is 292 g/mol. The summed E-state index contributed by atoms with van der Waals surface area (Å²) in [6.07, 6.45) is 5.44. The highest BCUT2D eigenvalue weighted by Crippen LogP contribution is 2.29. The maximum Gasteiger partial charge on any atom is 0.152 e. The minimum absolute atomic E-state index is 0.536. The van der Waals surface area contributed by atoms with Crippen LogP contribution in [0, 0.1) is 0 Å². The van der Waals surface area contributed by atoms with Gasteiger partial charge in [0.15, 0.2) is 5.82 Å². The number of imidazole rings is 1. The van der Waals surface area contributed by atoms with Crippen molar-refractivity contribution in [1.82, 2.24) is 14.5 Å². The van der Waals surface area contributed by atoms with E-state index in [0.717, 1.165) is 52.9 Å². The number of nitrogen functional groups attached to an aromatic ring is 1. The summed E-state index contributed by atoms with van der Waals surface area (Å²) in [4.78, 5) is 9.33. The van der Waals surface area contributed by atoms with E-state index in [1.165, 1.54) is 6.42 Å². The van der Waals surface area contributed by atoms with Gasteiger partial charge < -0.3 is 10.3 Å². The van der Waals surface area contributed by atoms with Gasteiger partial charge in [-0.15, -0.1) is 0 Å². The van der Waals surface area contributed by atoms with Crippen LogP contribution in [0.2, 0.25) is 0 Å². The lowest BCUT2D eigenvalue weighted by atomic mass is 10.2. The lowest BCUT2D eigenvalue weighted by molar-refractivity contribution is 0.680. The van der Waals surface area contributed by atoms with Gasteiger partial charge in [-0.3, -0.25) is 0 Å². The molecule has 0 saturated carbocycles. The summed E-state index contributed by atoms with van der Waals surface area (Å²) in [5.74, 6) is 2.74. The average molecular weight is 314 g/mol. The molecule has 0 radical (unpaired) electrons. The highest BCUT2D eigenvalue weighted by molar-refractivity contribution is 7.98. The fourth-order valence-corrected chi connectivity index (χ4v) is 3.22. The molecule has 0 aliphatic rings. The molecule has 4 nitrogen and oxygen atoms in total. The largest absolute Gasteiger partial charge is 0.382 e. The lowest BCUT2D eigenvalue weighted by Crippen LogP contribution is -2.06. The number of thioether (sulfide) groups is 1. The Labute approximate surface area is 135 Å². The SMILES string of the molecule is CCCCc1nc2c(N)nc3ccccc3c2n1CCSC. The van der Waals surface area contributed by atoms with Crippen LogP contribution in [0.3, 0.4) is 0 Å². The Morgan fingerprint density at radius 3 is 2.82 bits per heavy atom. The number of hydrogen-bond acceptors (Lipinski definition) is 4. The molecule has 5 heteroatoms. The number of nitrogens with zero attached hydrogens (tertiary/aromatic N) is 3. The molecule has 0 spiro atoms. The Morgan fingerprint density at radius 1 is 1.23 bits per heavy atom. The molecule has 0 bridgehead atoms. The second-order valence-corrected chi connectivity index (χ2v) is 6.47. The van der Waals surface area contributed by atoms with E-state index in [9.17, 15) is 0 Å². The number of benzene rings is 1. The van der Waals surface area contributed by atoms with E-state index in [-0.39, 0.29) is 0 Å². The number of para-hydroxylation sites is 1. The number of hydrogen-bond donors (Lipinski definition) is 1. The molecule has 2 heterocycles. The predicted molar refractivity (Wildman–Crippen MR) is 96.4 cm³/mol. The molecule has 3 rings (SSSR count). The van der Waals surface area contributed by atoms with Crippen LogP contribution in [-0.2, 0) is 13.0 Å². The molecule has 0 amide bonds. The molecule has 0 atom stereocenters. The van der Waals surface area contributed by atoms with E-state index in [1.807, 2.05) is 23.9 Å². The molecule has 1 aromatic carbocycles. The van der Waals surface area contributed by atoms with Crippen LogP contribution in [-0.4, -0.2) is 26.5 Å². The second kappa shape index (κ2) is 6.57. The molecule has 2 aromatic heterocycles. The third-order valence-corrected chi connectivity index (χ3v) is 4.55. The third kappa shape index (κ3) is 2.65. The van der Waals surface area contributed by atoms with E-state index in [0.29, 0.717) is 5.82 Å². The van der Waals surface area contributed by atoms with Crippen molar-refractivity contribution in [3.63, 3.8) is 0 Å².